The topological polar surface area (TPSA) is 146 Å². The van der Waals surface area contributed by atoms with Gasteiger partial charge in [0.2, 0.25) is 17.7 Å². The lowest BCUT2D eigenvalue weighted by Crippen LogP contribution is -2.62. The normalized spacial score (nSPS) is 29.2. The molecule has 5 aliphatic rings. The molecule has 0 spiro atoms. The number of likely N-dealkylation sites (tertiary alicyclic amines) is 1. The first-order valence-corrected chi connectivity index (χ1v) is 19.2. The van der Waals surface area contributed by atoms with Gasteiger partial charge in [0.15, 0.2) is 12.4 Å². The molecule has 0 aromatic heterocycles. The highest BCUT2D eigenvalue weighted by Crippen LogP contribution is 2.41. The molecule has 0 aromatic carbocycles. The number of carbonyl (C=O) groups excluding carboxylic acids is 4. The lowest BCUT2D eigenvalue weighted by atomic mass is 9.82. The monoisotopic (exact) mass is 674 g/mol. The van der Waals surface area contributed by atoms with Gasteiger partial charge in [0, 0.05) is 18.7 Å². The van der Waals surface area contributed by atoms with E-state index in [4.69, 9.17) is 9.47 Å². The summed E-state index contributed by atoms with van der Waals surface area (Å²) in [4.78, 5) is 57.7. The number of hydrogen-bond acceptors (Lipinski definition) is 7. The van der Waals surface area contributed by atoms with Crippen molar-refractivity contribution in [2.45, 2.75) is 186 Å². The number of fused-ring (bicyclic) bond motifs is 1. The highest BCUT2D eigenvalue weighted by atomic mass is 16.7. The zero-order valence-electron chi connectivity index (χ0n) is 29.8. The van der Waals surface area contributed by atoms with Crippen LogP contribution in [0.1, 0.15) is 137 Å². The van der Waals surface area contributed by atoms with Crippen molar-refractivity contribution < 1.29 is 33.8 Å². The Bertz CT molecular complexity index is 1110. The predicted molar refractivity (Wildman–Crippen MR) is 181 cm³/mol. The SMILES string of the molecule is CCC[C@H](NC(=O)[C@@H]1CC2CCCCC2N1C(=O)[C@@H](NC(=O)[C@@H](OC1CCCCO1)C1CCCCC1)C(C)(C)C)C(O)C(=O)NC1CC1. The third-order valence-electron chi connectivity index (χ3n) is 11.3. The number of nitrogens with one attached hydrogen (secondary N) is 3. The Labute approximate surface area is 287 Å². The van der Waals surface area contributed by atoms with Crippen molar-refractivity contribution in [3.8, 4) is 0 Å². The molecular weight excluding hydrogens is 612 g/mol. The lowest BCUT2D eigenvalue weighted by molar-refractivity contribution is -0.203. The number of amides is 4. The molecule has 5 rings (SSSR count). The second-order valence-corrected chi connectivity index (χ2v) is 16.3. The van der Waals surface area contributed by atoms with Crippen LogP contribution in [0.5, 0.6) is 0 Å². The summed E-state index contributed by atoms with van der Waals surface area (Å²) in [5.74, 6) is -1.09. The fourth-order valence-corrected chi connectivity index (χ4v) is 8.44. The van der Waals surface area contributed by atoms with Gasteiger partial charge in [-0.05, 0) is 87.9 Å². The number of carbonyl (C=O) groups is 4. The average Bonchev–Trinajstić information content (AvgIpc) is 3.81. The van der Waals surface area contributed by atoms with Gasteiger partial charge in [-0.1, -0.05) is 66.2 Å². The molecule has 8 atom stereocenters. The maximum absolute atomic E-state index is 14.8. The maximum atomic E-state index is 14.8. The highest BCUT2D eigenvalue weighted by Gasteiger charge is 2.51. The van der Waals surface area contributed by atoms with E-state index in [9.17, 15) is 24.3 Å². The molecule has 2 aliphatic heterocycles. The molecule has 4 unspecified atom stereocenters. The van der Waals surface area contributed by atoms with Gasteiger partial charge >= 0.3 is 0 Å². The van der Waals surface area contributed by atoms with Crippen LogP contribution < -0.4 is 16.0 Å². The van der Waals surface area contributed by atoms with Gasteiger partial charge in [-0.15, -0.1) is 0 Å². The standard InChI is InChI=1S/C37H62N4O7/c1-5-13-26(30(42)34(44)38-25-19-20-25)39-33(43)28-22-24-16-9-10-17-27(24)41(28)36(46)32(37(2,3)4)40-35(45)31(23-14-7-6-8-15-23)48-29-18-11-12-21-47-29/h23-32,42H,5-22H2,1-4H3,(H,38,44)(H,39,43)(H,40,45)/t24?,26-,27?,28-,29?,30?,31-,32+/m0/s1. The average molecular weight is 675 g/mol. The molecular formula is C37H62N4O7. The Hall–Kier alpha value is -2.24. The van der Waals surface area contributed by atoms with Crippen LogP contribution in [0.3, 0.4) is 0 Å². The number of aliphatic hydroxyl groups is 1. The molecule has 3 aliphatic carbocycles. The molecule has 48 heavy (non-hydrogen) atoms. The number of rotatable bonds is 13. The molecule has 0 radical (unpaired) electrons. The Balaban J connectivity index is 1.35. The minimum atomic E-state index is -1.37. The Morgan fingerprint density at radius 2 is 1.56 bits per heavy atom. The van der Waals surface area contributed by atoms with Gasteiger partial charge in [-0.25, -0.2) is 0 Å². The van der Waals surface area contributed by atoms with E-state index in [1.807, 2.05) is 27.7 Å². The summed E-state index contributed by atoms with van der Waals surface area (Å²) in [6, 6.07) is -2.37. The summed E-state index contributed by atoms with van der Waals surface area (Å²) < 4.78 is 12.3. The molecule has 3 saturated carbocycles. The largest absolute Gasteiger partial charge is 0.381 e. The predicted octanol–water partition coefficient (Wildman–Crippen LogP) is 4.09. The number of hydrogen-bond donors (Lipinski definition) is 4. The molecule has 4 amide bonds. The highest BCUT2D eigenvalue weighted by molar-refractivity contribution is 5.94. The number of nitrogens with zero attached hydrogens (tertiary/aromatic N) is 1. The van der Waals surface area contributed by atoms with E-state index in [1.165, 1.54) is 0 Å². The fourth-order valence-electron chi connectivity index (χ4n) is 8.44. The summed E-state index contributed by atoms with van der Waals surface area (Å²) in [6.07, 6.45) is 12.5. The van der Waals surface area contributed by atoms with Crippen LogP contribution in [0.4, 0.5) is 0 Å². The molecule has 4 N–H and O–H groups in total. The van der Waals surface area contributed by atoms with E-state index >= 15 is 0 Å². The van der Waals surface area contributed by atoms with Gasteiger partial charge in [0.05, 0.1) is 6.04 Å². The Kier molecular flexibility index (Phi) is 12.8. The van der Waals surface area contributed by atoms with Gasteiger partial charge in [0.1, 0.15) is 18.2 Å². The van der Waals surface area contributed by atoms with Crippen LogP contribution in [0.2, 0.25) is 0 Å². The third kappa shape index (κ3) is 9.30. The smallest absolute Gasteiger partial charge is 0.251 e. The summed E-state index contributed by atoms with van der Waals surface area (Å²) in [6.45, 7) is 8.42. The first-order valence-electron chi connectivity index (χ1n) is 19.2. The first-order chi connectivity index (χ1) is 23.0. The van der Waals surface area contributed by atoms with Crippen molar-refractivity contribution in [1.29, 1.82) is 0 Å². The van der Waals surface area contributed by atoms with Crippen LogP contribution in [0.25, 0.3) is 0 Å². The van der Waals surface area contributed by atoms with E-state index < -0.39 is 47.9 Å². The van der Waals surface area contributed by atoms with Crippen LogP contribution in [-0.4, -0.2) is 88.9 Å². The molecule has 11 nitrogen and oxygen atoms in total. The second-order valence-electron chi connectivity index (χ2n) is 16.3. The van der Waals surface area contributed by atoms with Crippen molar-refractivity contribution in [1.82, 2.24) is 20.9 Å². The zero-order valence-corrected chi connectivity index (χ0v) is 29.8. The number of ether oxygens (including phenoxy) is 2. The van der Waals surface area contributed by atoms with Gasteiger partial charge < -0.3 is 35.4 Å². The molecule has 272 valence electrons. The summed E-state index contributed by atoms with van der Waals surface area (Å²) in [5.41, 5.74) is -0.638. The van der Waals surface area contributed by atoms with E-state index in [0.29, 0.717) is 25.9 Å². The van der Waals surface area contributed by atoms with E-state index in [0.717, 1.165) is 89.9 Å². The van der Waals surface area contributed by atoms with Crippen molar-refractivity contribution in [3.05, 3.63) is 0 Å². The summed E-state index contributed by atoms with van der Waals surface area (Å²) in [7, 11) is 0. The third-order valence-corrected chi connectivity index (χ3v) is 11.3. The Morgan fingerprint density at radius 1 is 0.875 bits per heavy atom. The Morgan fingerprint density at radius 3 is 2.21 bits per heavy atom. The van der Waals surface area contributed by atoms with Crippen LogP contribution in [0, 0.1) is 17.3 Å². The van der Waals surface area contributed by atoms with Gasteiger partial charge in [-0.2, -0.15) is 0 Å². The molecule has 0 aromatic rings. The molecule has 11 heteroatoms. The number of aliphatic hydroxyl groups excluding tert-OH is 1. The quantitative estimate of drug-likeness (QED) is 0.230. The van der Waals surface area contributed by atoms with E-state index in [-0.39, 0.29) is 41.6 Å². The lowest BCUT2D eigenvalue weighted by Gasteiger charge is -2.41. The molecule has 2 heterocycles. The van der Waals surface area contributed by atoms with Crippen molar-refractivity contribution in [2.24, 2.45) is 17.3 Å². The minimum absolute atomic E-state index is 0.0621. The molecule has 2 saturated heterocycles. The van der Waals surface area contributed by atoms with Crippen LogP contribution in [-0.2, 0) is 28.7 Å². The zero-order chi connectivity index (χ0) is 34.4. The second kappa shape index (κ2) is 16.6. The first kappa shape index (κ1) is 37.0. The molecule has 5 fully saturated rings. The van der Waals surface area contributed by atoms with Gasteiger partial charge in [0.25, 0.3) is 5.91 Å². The van der Waals surface area contributed by atoms with Crippen LogP contribution >= 0.6 is 0 Å². The fraction of sp³-hybridized carbons (Fsp3) is 0.892. The van der Waals surface area contributed by atoms with Crippen LogP contribution in [0.15, 0.2) is 0 Å². The van der Waals surface area contributed by atoms with Gasteiger partial charge in [-0.3, -0.25) is 19.2 Å². The summed E-state index contributed by atoms with van der Waals surface area (Å²) >= 11 is 0. The maximum Gasteiger partial charge on any atom is 0.251 e. The summed E-state index contributed by atoms with van der Waals surface area (Å²) in [5, 5.41) is 19.9. The minimum Gasteiger partial charge on any atom is -0.381 e. The van der Waals surface area contributed by atoms with E-state index in [1.54, 1.807) is 4.90 Å². The van der Waals surface area contributed by atoms with Crippen molar-refractivity contribution >= 4 is 23.6 Å². The van der Waals surface area contributed by atoms with E-state index in [2.05, 4.69) is 16.0 Å². The van der Waals surface area contributed by atoms with Crippen molar-refractivity contribution in [2.75, 3.05) is 6.61 Å². The molecule has 0 bridgehead atoms. The van der Waals surface area contributed by atoms with Crippen molar-refractivity contribution in [3.63, 3.8) is 0 Å².